The second kappa shape index (κ2) is 6.63. The van der Waals surface area contributed by atoms with Crippen molar-refractivity contribution in [2.24, 2.45) is 5.73 Å². The number of hydrogen-bond acceptors (Lipinski definition) is 2. The highest BCUT2D eigenvalue weighted by Crippen LogP contribution is 2.36. The molecule has 1 aromatic rings. The van der Waals surface area contributed by atoms with Gasteiger partial charge in [-0.2, -0.15) is 0 Å². The number of thioether (sulfide) groups is 1. The number of nitrogens with two attached hydrogens (primary N) is 1. The molecule has 1 atom stereocenters. The Morgan fingerprint density at radius 2 is 2.06 bits per heavy atom. The van der Waals surface area contributed by atoms with E-state index < -0.39 is 0 Å². The fraction of sp³-hybridized carbons (Fsp3) is 0.625. The summed E-state index contributed by atoms with van der Waals surface area (Å²) in [6.45, 7) is 4.39. The van der Waals surface area contributed by atoms with Gasteiger partial charge in [-0.05, 0) is 49.8 Å². The van der Waals surface area contributed by atoms with Gasteiger partial charge >= 0.3 is 0 Å². The summed E-state index contributed by atoms with van der Waals surface area (Å²) >= 11 is 2.08. The van der Waals surface area contributed by atoms with Gasteiger partial charge in [0.1, 0.15) is 0 Å². The molecule has 0 aromatic heterocycles. The van der Waals surface area contributed by atoms with Crippen LogP contribution in [-0.2, 0) is 6.42 Å². The van der Waals surface area contributed by atoms with Crippen molar-refractivity contribution in [3.8, 4) is 0 Å². The van der Waals surface area contributed by atoms with Crippen molar-refractivity contribution in [3.05, 3.63) is 29.3 Å². The lowest BCUT2D eigenvalue weighted by Gasteiger charge is -2.14. The SMILES string of the molecule is CCC(N)Cc1ccc(SC2CCCC2)c(C)c1. The minimum absolute atomic E-state index is 0.303. The monoisotopic (exact) mass is 263 g/mol. The quantitative estimate of drug-likeness (QED) is 0.856. The average Bonchev–Trinajstić information content (AvgIpc) is 2.85. The van der Waals surface area contributed by atoms with E-state index in [-0.39, 0.29) is 0 Å². The third-order valence-electron chi connectivity index (χ3n) is 3.86. The zero-order chi connectivity index (χ0) is 13.0. The summed E-state index contributed by atoms with van der Waals surface area (Å²) < 4.78 is 0. The molecule has 1 unspecified atom stereocenters. The smallest absolute Gasteiger partial charge is 0.0104 e. The van der Waals surface area contributed by atoms with Crippen molar-refractivity contribution >= 4 is 11.8 Å². The first-order valence-electron chi connectivity index (χ1n) is 7.20. The molecule has 0 bridgehead atoms. The van der Waals surface area contributed by atoms with Crippen LogP contribution < -0.4 is 5.73 Å². The third kappa shape index (κ3) is 3.76. The highest BCUT2D eigenvalue weighted by Gasteiger charge is 2.17. The molecule has 2 heteroatoms. The minimum Gasteiger partial charge on any atom is -0.327 e. The molecule has 0 saturated heterocycles. The molecule has 0 amide bonds. The standard InChI is InChI=1S/C16H25NS/c1-3-14(17)11-13-8-9-16(12(2)10-13)18-15-6-4-5-7-15/h8-10,14-15H,3-7,11,17H2,1-2H3. The molecule has 0 aliphatic heterocycles. The van der Waals surface area contributed by atoms with E-state index >= 15 is 0 Å². The van der Waals surface area contributed by atoms with E-state index in [1.54, 1.807) is 0 Å². The maximum Gasteiger partial charge on any atom is 0.0104 e. The highest BCUT2D eigenvalue weighted by atomic mass is 32.2. The molecule has 1 aliphatic carbocycles. The van der Waals surface area contributed by atoms with E-state index in [1.807, 2.05) is 0 Å². The first-order valence-corrected chi connectivity index (χ1v) is 8.08. The molecular formula is C16H25NS. The molecule has 2 N–H and O–H groups in total. The predicted octanol–water partition coefficient (Wildman–Crippen LogP) is 4.31. The molecule has 1 fully saturated rings. The topological polar surface area (TPSA) is 26.0 Å². The summed E-state index contributed by atoms with van der Waals surface area (Å²) in [5.41, 5.74) is 8.83. The van der Waals surface area contributed by atoms with Crippen LogP contribution in [-0.4, -0.2) is 11.3 Å². The predicted molar refractivity (Wildman–Crippen MR) is 81.3 cm³/mol. The number of aryl methyl sites for hydroxylation is 1. The molecule has 18 heavy (non-hydrogen) atoms. The molecule has 1 aromatic carbocycles. The van der Waals surface area contributed by atoms with Crippen molar-refractivity contribution in [2.75, 3.05) is 0 Å². The zero-order valence-electron chi connectivity index (χ0n) is 11.6. The molecule has 0 spiro atoms. The maximum atomic E-state index is 6.02. The van der Waals surface area contributed by atoms with Gasteiger partial charge in [0.25, 0.3) is 0 Å². The molecular weight excluding hydrogens is 238 g/mol. The summed E-state index contributed by atoms with van der Waals surface area (Å²) in [6.07, 6.45) is 7.68. The largest absolute Gasteiger partial charge is 0.327 e. The number of benzene rings is 1. The van der Waals surface area contributed by atoms with Crippen molar-refractivity contribution in [1.82, 2.24) is 0 Å². The molecule has 100 valence electrons. The van der Waals surface area contributed by atoms with Crippen molar-refractivity contribution < 1.29 is 0 Å². The van der Waals surface area contributed by atoms with Gasteiger partial charge in [0.2, 0.25) is 0 Å². The van der Waals surface area contributed by atoms with Crippen molar-refractivity contribution in [1.29, 1.82) is 0 Å². The van der Waals surface area contributed by atoms with E-state index in [2.05, 4.69) is 43.8 Å². The summed E-state index contributed by atoms with van der Waals surface area (Å²) in [5.74, 6) is 0. The Bertz CT molecular complexity index is 383. The van der Waals surface area contributed by atoms with Crippen LogP contribution in [0.2, 0.25) is 0 Å². The van der Waals surface area contributed by atoms with Gasteiger partial charge < -0.3 is 5.73 Å². The van der Waals surface area contributed by atoms with Gasteiger partial charge in [-0.15, -0.1) is 11.8 Å². The highest BCUT2D eigenvalue weighted by molar-refractivity contribution is 8.00. The van der Waals surface area contributed by atoms with E-state index in [1.165, 1.54) is 41.7 Å². The second-order valence-corrected chi connectivity index (χ2v) is 6.84. The Kier molecular flexibility index (Phi) is 5.13. The minimum atomic E-state index is 0.303. The lowest BCUT2D eigenvalue weighted by Crippen LogP contribution is -2.21. The Morgan fingerprint density at radius 1 is 1.33 bits per heavy atom. The van der Waals surface area contributed by atoms with Gasteiger partial charge in [-0.1, -0.05) is 31.9 Å². The third-order valence-corrected chi connectivity index (χ3v) is 5.37. The van der Waals surface area contributed by atoms with Crippen molar-refractivity contribution in [2.45, 2.75) is 68.6 Å². The van der Waals surface area contributed by atoms with Crippen molar-refractivity contribution in [3.63, 3.8) is 0 Å². The number of rotatable bonds is 5. The number of hydrogen-bond donors (Lipinski definition) is 1. The lowest BCUT2D eigenvalue weighted by molar-refractivity contribution is 0.646. The lowest BCUT2D eigenvalue weighted by atomic mass is 10.0. The Morgan fingerprint density at radius 3 is 2.67 bits per heavy atom. The maximum absolute atomic E-state index is 6.02. The van der Waals surface area contributed by atoms with Gasteiger partial charge in [0.15, 0.2) is 0 Å². The molecule has 1 aliphatic rings. The summed E-state index contributed by atoms with van der Waals surface area (Å²) in [7, 11) is 0. The molecule has 1 saturated carbocycles. The van der Waals surface area contributed by atoms with Crippen LogP contribution in [0.4, 0.5) is 0 Å². The molecule has 2 rings (SSSR count). The normalized spacial score (nSPS) is 18.2. The Hall–Kier alpha value is -0.470. The second-order valence-electron chi connectivity index (χ2n) is 5.50. The van der Waals surface area contributed by atoms with Crippen LogP contribution in [0.25, 0.3) is 0 Å². The molecule has 1 nitrogen and oxygen atoms in total. The summed E-state index contributed by atoms with van der Waals surface area (Å²) in [4.78, 5) is 1.47. The Labute approximate surface area is 116 Å². The van der Waals surface area contributed by atoms with Gasteiger partial charge in [-0.25, -0.2) is 0 Å². The fourth-order valence-corrected chi connectivity index (χ4v) is 3.92. The Balaban J connectivity index is 2.00. The van der Waals surface area contributed by atoms with E-state index in [4.69, 9.17) is 5.73 Å². The van der Waals surface area contributed by atoms with Crippen LogP contribution >= 0.6 is 11.8 Å². The van der Waals surface area contributed by atoms with Crippen LogP contribution in [0.15, 0.2) is 23.1 Å². The average molecular weight is 263 g/mol. The van der Waals surface area contributed by atoms with Crippen LogP contribution in [0.1, 0.15) is 50.2 Å². The van der Waals surface area contributed by atoms with E-state index in [0.717, 1.165) is 18.1 Å². The van der Waals surface area contributed by atoms with Gasteiger partial charge in [-0.3, -0.25) is 0 Å². The van der Waals surface area contributed by atoms with Crippen LogP contribution in [0.5, 0.6) is 0 Å². The summed E-state index contributed by atoms with van der Waals surface area (Å²) in [5, 5.41) is 0.854. The fourth-order valence-electron chi connectivity index (χ4n) is 2.60. The van der Waals surface area contributed by atoms with Crippen LogP contribution in [0, 0.1) is 6.92 Å². The van der Waals surface area contributed by atoms with Gasteiger partial charge in [0, 0.05) is 16.2 Å². The van der Waals surface area contributed by atoms with Crippen LogP contribution in [0.3, 0.4) is 0 Å². The first-order chi connectivity index (χ1) is 8.69. The van der Waals surface area contributed by atoms with E-state index in [0.29, 0.717) is 6.04 Å². The molecule has 0 heterocycles. The first kappa shape index (κ1) is 14.0. The zero-order valence-corrected chi connectivity index (χ0v) is 12.4. The van der Waals surface area contributed by atoms with Gasteiger partial charge in [0.05, 0.1) is 0 Å². The summed E-state index contributed by atoms with van der Waals surface area (Å²) in [6, 6.07) is 7.19. The van der Waals surface area contributed by atoms with E-state index in [9.17, 15) is 0 Å². The molecule has 0 radical (unpaired) electrons.